The number of halogens is 2. The molecule has 0 saturated heterocycles. The summed E-state index contributed by atoms with van der Waals surface area (Å²) in [5, 5.41) is 94.5. The molecule has 3 rings (SSSR count). The van der Waals surface area contributed by atoms with Crippen molar-refractivity contribution in [1.29, 1.82) is 26.9 Å². The Morgan fingerprint density at radius 1 is 0.620 bits per heavy atom. The number of nitrogens with two attached hydrogens (primary N) is 5. The lowest BCUT2D eigenvalue weighted by Gasteiger charge is -2.31. The largest absolute Gasteiger partial charge is 0.370 e. The summed E-state index contributed by atoms with van der Waals surface area (Å²) in [5.74, 6) is -12.3. The Hall–Kier alpha value is -9.81. The number of carbonyl (C=O) groups excluding carboxylic acids is 6. The molecular formula is C36H42Cl2N22O11. The van der Waals surface area contributed by atoms with Gasteiger partial charge in [0, 0.05) is 34.3 Å². The van der Waals surface area contributed by atoms with E-state index in [1.54, 1.807) is 6.07 Å². The number of anilines is 1. The SMILES string of the molecule is N#Cc1cc([N+](=O)[O-])c(N(Cc2c(Cl)cccc2Cl)C(O)C(=O)NC(C(=O)NC(NC(=N)N)C(=O)NC(NC(=N)N)C(=O)NC(NC(=N)N)C(=O)NC(NC(=N)N)C(N)=O)c2ccccc2)c([N+](=O)[O-])c1. The summed E-state index contributed by atoms with van der Waals surface area (Å²) in [4.78, 5) is 104. The molecular weight excluding hydrogens is 987 g/mol. The molecule has 0 heterocycles. The smallest absolute Gasteiger partial charge is 0.301 e. The first-order chi connectivity index (χ1) is 33.2. The van der Waals surface area contributed by atoms with Crippen LogP contribution in [-0.4, -0.2) is 105 Å². The second-order valence-corrected chi connectivity index (χ2v) is 14.8. The number of amides is 6. The van der Waals surface area contributed by atoms with Gasteiger partial charge in [0.15, 0.2) is 54.2 Å². The minimum Gasteiger partial charge on any atom is -0.370 e. The van der Waals surface area contributed by atoms with Crippen LogP contribution in [0.2, 0.25) is 10.0 Å². The molecule has 0 saturated carbocycles. The van der Waals surface area contributed by atoms with Crippen LogP contribution in [0.25, 0.3) is 0 Å². The molecule has 0 bridgehead atoms. The number of benzene rings is 3. The molecule has 6 unspecified atom stereocenters. The van der Waals surface area contributed by atoms with Crippen LogP contribution in [0.15, 0.2) is 60.7 Å². The highest BCUT2D eigenvalue weighted by Gasteiger charge is 2.40. The molecule has 0 aliphatic carbocycles. The Kier molecular flexibility index (Phi) is 19.4. The summed E-state index contributed by atoms with van der Waals surface area (Å²) in [6.45, 7) is -0.863. The van der Waals surface area contributed by atoms with Gasteiger partial charge in [-0.1, -0.05) is 59.6 Å². The van der Waals surface area contributed by atoms with E-state index in [1.165, 1.54) is 48.5 Å². The molecule has 6 amide bonds. The van der Waals surface area contributed by atoms with Gasteiger partial charge in [0.25, 0.3) is 29.5 Å². The number of primary amides is 1. The van der Waals surface area contributed by atoms with Crippen LogP contribution in [0.5, 0.6) is 0 Å². The number of nitrogens with one attached hydrogen (secondary N) is 13. The van der Waals surface area contributed by atoms with Crippen LogP contribution < -0.4 is 81.4 Å². The van der Waals surface area contributed by atoms with Crippen molar-refractivity contribution in [2.24, 2.45) is 28.7 Å². The van der Waals surface area contributed by atoms with Gasteiger partial charge in [-0.05, 0) is 17.7 Å². The van der Waals surface area contributed by atoms with Gasteiger partial charge in [0.2, 0.25) is 12.1 Å². The number of nitriles is 1. The van der Waals surface area contributed by atoms with Gasteiger partial charge in [0.1, 0.15) is 6.04 Å². The number of aliphatic hydroxyl groups is 1. The van der Waals surface area contributed by atoms with E-state index in [0.29, 0.717) is 17.0 Å². The summed E-state index contributed by atoms with van der Waals surface area (Å²) >= 11 is 12.7. The Labute approximate surface area is 407 Å². The minimum atomic E-state index is -2.71. The van der Waals surface area contributed by atoms with E-state index in [4.69, 9.17) is 73.5 Å². The third-order valence-electron chi connectivity index (χ3n) is 8.90. The highest BCUT2D eigenvalue weighted by atomic mass is 35.5. The second kappa shape index (κ2) is 24.8. The third-order valence-corrected chi connectivity index (χ3v) is 9.61. The standard InChI is InChI=1S/C36H42Cl2N22O11/c37-16-7-4-8-17(38)15(16)12-58(21-18(59(68)69)9-13(11-39)10-19(21)60(70)71)32(67)31(66)49-20(14-5-2-1-3-6-14)27(62)51-24(55-34(43)44)29(64)53-26(57-36(47)48)30(65)52-25(56-35(45)46)28(63)50-23(22(40)61)54-33(41)42/h1-10,20,23-26,32,67H,12H2,(H2,40,61)(H,49,66)(H,50,63)(H,51,62)(H,52,65)(H,53,64)(H4,41,42,54)(H4,43,44,55)(H4,45,46,56)(H4,47,48,57). The Morgan fingerprint density at radius 3 is 1.39 bits per heavy atom. The lowest BCUT2D eigenvalue weighted by Crippen LogP contribution is -2.68. The lowest BCUT2D eigenvalue weighted by molar-refractivity contribution is -0.392. The molecule has 35 heteroatoms. The number of aliphatic hydroxyl groups excluding tert-OH is 1. The van der Waals surface area contributed by atoms with Crippen LogP contribution >= 0.6 is 23.2 Å². The number of hydrogen-bond donors (Lipinski definition) is 19. The molecule has 0 radical (unpaired) electrons. The van der Waals surface area contributed by atoms with Crippen molar-refractivity contribution in [3.63, 3.8) is 0 Å². The van der Waals surface area contributed by atoms with Crippen molar-refractivity contribution in [1.82, 2.24) is 47.9 Å². The summed E-state index contributed by atoms with van der Waals surface area (Å²) < 4.78 is 0. The predicted molar refractivity (Wildman–Crippen MR) is 248 cm³/mol. The molecule has 33 nitrogen and oxygen atoms in total. The fourth-order valence-corrected chi connectivity index (χ4v) is 6.41. The highest BCUT2D eigenvalue weighted by Crippen LogP contribution is 2.41. The summed E-state index contributed by atoms with van der Waals surface area (Å²) in [6.07, 6.45) is -11.1. The fraction of sp³-hybridized carbons (Fsp3) is 0.194. The zero-order valence-electron chi connectivity index (χ0n) is 35.9. The number of nitro groups is 2. The summed E-state index contributed by atoms with van der Waals surface area (Å²) in [7, 11) is 0. The van der Waals surface area contributed by atoms with E-state index in [2.05, 4.69) is 16.0 Å². The molecule has 3 aromatic rings. The number of nitro benzene ring substituents is 2. The van der Waals surface area contributed by atoms with Gasteiger partial charge >= 0.3 is 11.4 Å². The van der Waals surface area contributed by atoms with Gasteiger partial charge in [-0.2, -0.15) is 5.26 Å². The van der Waals surface area contributed by atoms with Crippen molar-refractivity contribution in [2.75, 3.05) is 4.90 Å². The van der Waals surface area contributed by atoms with Crippen LogP contribution in [0, 0.1) is 53.2 Å². The zero-order valence-corrected chi connectivity index (χ0v) is 37.4. The van der Waals surface area contributed by atoms with Gasteiger partial charge in [0.05, 0.1) is 21.5 Å². The molecule has 376 valence electrons. The molecule has 0 fully saturated rings. The van der Waals surface area contributed by atoms with Crippen molar-refractivity contribution in [3.8, 4) is 6.07 Å². The van der Waals surface area contributed by atoms with Crippen molar-refractivity contribution < 1.29 is 43.7 Å². The Bertz CT molecular complexity index is 2630. The van der Waals surface area contributed by atoms with Gasteiger partial charge in [-0.3, -0.25) is 70.6 Å². The molecule has 71 heavy (non-hydrogen) atoms. The van der Waals surface area contributed by atoms with Crippen molar-refractivity contribution >= 4 is 99.5 Å². The molecule has 0 aliphatic heterocycles. The first kappa shape index (κ1) is 55.5. The molecule has 0 spiro atoms. The quantitative estimate of drug-likeness (QED) is 0.0147. The Morgan fingerprint density at radius 2 is 1.01 bits per heavy atom. The van der Waals surface area contributed by atoms with E-state index in [0.717, 1.165) is 0 Å². The van der Waals surface area contributed by atoms with Gasteiger partial charge < -0.3 is 86.5 Å². The first-order valence-corrected chi connectivity index (χ1v) is 20.0. The maximum atomic E-state index is 14.2. The monoisotopic (exact) mass is 1030 g/mol. The van der Waals surface area contributed by atoms with E-state index in [1.807, 2.05) is 31.9 Å². The van der Waals surface area contributed by atoms with Crippen LogP contribution in [0.3, 0.4) is 0 Å². The van der Waals surface area contributed by atoms with E-state index in [-0.39, 0.29) is 21.2 Å². The number of guanidine groups is 4. The normalized spacial score (nSPS) is 12.9. The van der Waals surface area contributed by atoms with Gasteiger partial charge in [-0.25, -0.2) is 0 Å². The average Bonchev–Trinajstić information content (AvgIpc) is 3.28. The molecule has 0 aliphatic rings. The number of rotatable bonds is 22. The fourth-order valence-electron chi connectivity index (χ4n) is 5.89. The van der Waals surface area contributed by atoms with Crippen LogP contribution in [0.1, 0.15) is 22.7 Å². The molecule has 24 N–H and O–H groups in total. The maximum Gasteiger partial charge on any atom is 0.301 e. The lowest BCUT2D eigenvalue weighted by atomic mass is 10.1. The van der Waals surface area contributed by atoms with Crippen molar-refractivity contribution in [2.45, 2.75) is 43.5 Å². The second-order valence-electron chi connectivity index (χ2n) is 13.9. The number of nitrogens with zero attached hydrogens (tertiary/aromatic N) is 4. The average molecular weight is 1030 g/mol. The maximum absolute atomic E-state index is 14.2. The molecule has 3 aromatic carbocycles. The van der Waals surface area contributed by atoms with E-state index < -0.39 is 135 Å². The number of carbonyl (C=O) groups is 6. The minimum absolute atomic E-state index is 0.0987. The van der Waals surface area contributed by atoms with E-state index in [9.17, 15) is 59.4 Å². The summed E-state index contributed by atoms with van der Waals surface area (Å²) in [5.41, 5.74) is 22.6. The zero-order chi connectivity index (χ0) is 53.4. The predicted octanol–water partition coefficient (Wildman–Crippen LogP) is -4.95. The van der Waals surface area contributed by atoms with Crippen LogP contribution in [0.4, 0.5) is 17.1 Å². The Balaban J connectivity index is 2.07. The highest BCUT2D eigenvalue weighted by molar-refractivity contribution is 6.36. The first-order valence-electron chi connectivity index (χ1n) is 19.3. The van der Waals surface area contributed by atoms with Crippen LogP contribution in [-0.2, 0) is 35.3 Å². The van der Waals surface area contributed by atoms with Gasteiger partial charge in [-0.15, -0.1) is 0 Å². The topological polar surface area (TPSA) is 570 Å². The van der Waals surface area contributed by atoms with E-state index >= 15 is 0 Å². The number of hydrogen-bond acceptors (Lipinski definition) is 17. The molecule has 0 aromatic heterocycles. The third kappa shape index (κ3) is 15.6. The molecule has 6 atom stereocenters. The summed E-state index contributed by atoms with van der Waals surface area (Å²) in [6, 6.07) is 11.6. The van der Waals surface area contributed by atoms with Crippen molar-refractivity contribution in [3.05, 3.63) is 108 Å².